The van der Waals surface area contributed by atoms with Gasteiger partial charge in [0.25, 0.3) is 0 Å². The molecule has 6 nitrogen and oxygen atoms in total. The van der Waals surface area contributed by atoms with Crippen molar-refractivity contribution < 1.29 is 19.1 Å². The van der Waals surface area contributed by atoms with Crippen LogP contribution in [0.25, 0.3) is 0 Å². The summed E-state index contributed by atoms with van der Waals surface area (Å²) >= 11 is 0. The molecule has 3 rings (SSSR count). The highest BCUT2D eigenvalue weighted by Gasteiger charge is 2.79. The summed E-state index contributed by atoms with van der Waals surface area (Å²) in [5, 5.41) is 8.45. The average Bonchev–Trinajstić information content (AvgIpc) is 2.83. The molecule has 0 radical (unpaired) electrons. The maximum Gasteiger partial charge on any atom is 0.335 e. The summed E-state index contributed by atoms with van der Waals surface area (Å²) in [6.07, 6.45) is 3.22. The smallest absolute Gasteiger partial charge is 0.335 e. The highest BCUT2D eigenvalue weighted by Crippen LogP contribution is 2.70. The first-order valence-electron chi connectivity index (χ1n) is 6.15. The predicted octanol–water partition coefficient (Wildman–Crippen LogP) is 1.24. The molecule has 2 saturated carbocycles. The van der Waals surface area contributed by atoms with Crippen LogP contribution in [0.15, 0.2) is 10.2 Å². The largest absolute Gasteiger partial charge is 0.469 e. The van der Waals surface area contributed by atoms with Crippen molar-refractivity contribution in [2.45, 2.75) is 43.2 Å². The van der Waals surface area contributed by atoms with Crippen LogP contribution in [0.2, 0.25) is 0 Å². The minimum absolute atomic E-state index is 0.219. The Balaban J connectivity index is 1.95. The normalized spacial score (nSPS) is 43.9. The molecule has 2 bridgehead atoms. The Kier molecular flexibility index (Phi) is 2.13. The summed E-state index contributed by atoms with van der Waals surface area (Å²) < 4.78 is 9.74. The molecule has 1 aliphatic heterocycles. The third-order valence-corrected chi connectivity index (χ3v) is 4.71. The minimum Gasteiger partial charge on any atom is -0.469 e. The first-order chi connectivity index (χ1) is 8.54. The zero-order chi connectivity index (χ0) is 13.0. The first kappa shape index (κ1) is 11.6. The number of carbonyl (C=O) groups is 2. The summed E-state index contributed by atoms with van der Waals surface area (Å²) in [4.78, 5) is 23.9. The van der Waals surface area contributed by atoms with Crippen LogP contribution in [0.4, 0.5) is 0 Å². The van der Waals surface area contributed by atoms with Crippen molar-refractivity contribution in [2.24, 2.45) is 15.6 Å². The standard InChI is InChI=1S/C12H16N2O4/c1-17-8(15)10-4-3-5-11(9(16)18-2)7-12(10,6-10)14-13-11/h3-7H2,1-2H3. The molecule has 3 atom stereocenters. The third kappa shape index (κ3) is 1.13. The maximum absolute atomic E-state index is 12.0. The Bertz CT molecular complexity index is 463. The topological polar surface area (TPSA) is 77.3 Å². The Morgan fingerprint density at radius 3 is 2.39 bits per heavy atom. The van der Waals surface area contributed by atoms with Gasteiger partial charge in [0, 0.05) is 6.42 Å². The van der Waals surface area contributed by atoms with Gasteiger partial charge in [-0.1, -0.05) is 0 Å². The van der Waals surface area contributed by atoms with Crippen LogP contribution in [0.1, 0.15) is 32.1 Å². The summed E-state index contributed by atoms with van der Waals surface area (Å²) in [7, 11) is 2.76. The van der Waals surface area contributed by atoms with E-state index in [1.165, 1.54) is 14.2 Å². The molecule has 3 aliphatic rings. The van der Waals surface area contributed by atoms with Gasteiger partial charge < -0.3 is 9.47 Å². The number of hydrogen-bond donors (Lipinski definition) is 0. The van der Waals surface area contributed by atoms with Crippen LogP contribution in [0.5, 0.6) is 0 Å². The third-order valence-electron chi connectivity index (χ3n) is 4.71. The highest BCUT2D eigenvalue weighted by molar-refractivity contribution is 5.87. The van der Waals surface area contributed by atoms with Gasteiger partial charge in [0.15, 0.2) is 5.54 Å². The van der Waals surface area contributed by atoms with Crippen LogP contribution in [-0.4, -0.2) is 37.2 Å². The van der Waals surface area contributed by atoms with Crippen molar-refractivity contribution in [3.8, 4) is 0 Å². The van der Waals surface area contributed by atoms with Crippen molar-refractivity contribution in [2.75, 3.05) is 14.2 Å². The molecule has 0 N–H and O–H groups in total. The second kappa shape index (κ2) is 3.30. The molecule has 98 valence electrons. The van der Waals surface area contributed by atoms with Crippen LogP contribution in [-0.2, 0) is 19.1 Å². The van der Waals surface area contributed by atoms with E-state index in [4.69, 9.17) is 9.47 Å². The number of ether oxygens (including phenoxy) is 2. The fourth-order valence-electron chi connectivity index (χ4n) is 3.67. The summed E-state index contributed by atoms with van der Waals surface area (Å²) in [6.45, 7) is 0. The molecule has 0 saturated heterocycles. The molecule has 3 unspecified atom stereocenters. The van der Waals surface area contributed by atoms with Gasteiger partial charge in [-0.05, 0) is 25.7 Å². The fraction of sp³-hybridized carbons (Fsp3) is 0.833. The monoisotopic (exact) mass is 252 g/mol. The Morgan fingerprint density at radius 1 is 1.00 bits per heavy atom. The molecule has 6 heteroatoms. The van der Waals surface area contributed by atoms with Gasteiger partial charge in [-0.15, -0.1) is 0 Å². The van der Waals surface area contributed by atoms with E-state index in [0.29, 0.717) is 19.3 Å². The van der Waals surface area contributed by atoms with Crippen molar-refractivity contribution in [1.82, 2.24) is 0 Å². The van der Waals surface area contributed by atoms with E-state index in [-0.39, 0.29) is 11.9 Å². The van der Waals surface area contributed by atoms with Gasteiger partial charge in [-0.3, -0.25) is 4.79 Å². The molecule has 1 spiro atoms. The minimum atomic E-state index is -0.860. The van der Waals surface area contributed by atoms with Gasteiger partial charge in [0.2, 0.25) is 0 Å². The maximum atomic E-state index is 12.0. The van der Waals surface area contributed by atoms with E-state index in [2.05, 4.69) is 10.2 Å². The lowest BCUT2D eigenvalue weighted by Crippen LogP contribution is -2.37. The summed E-state index contributed by atoms with van der Waals surface area (Å²) in [5.74, 6) is -0.556. The lowest BCUT2D eigenvalue weighted by atomic mass is 9.89. The van der Waals surface area contributed by atoms with Crippen molar-refractivity contribution in [3.63, 3.8) is 0 Å². The van der Waals surface area contributed by atoms with E-state index >= 15 is 0 Å². The molecule has 0 amide bonds. The second-order valence-corrected chi connectivity index (χ2v) is 5.54. The summed E-state index contributed by atoms with van der Waals surface area (Å²) in [6, 6.07) is 0. The fourth-order valence-corrected chi connectivity index (χ4v) is 3.67. The van der Waals surface area contributed by atoms with Crippen LogP contribution >= 0.6 is 0 Å². The molecule has 2 fully saturated rings. The number of esters is 2. The van der Waals surface area contributed by atoms with Crippen molar-refractivity contribution in [3.05, 3.63) is 0 Å². The average molecular weight is 252 g/mol. The van der Waals surface area contributed by atoms with Gasteiger partial charge in [0.1, 0.15) is 5.54 Å². The summed E-state index contributed by atoms with van der Waals surface area (Å²) in [5.41, 5.74) is -1.91. The Hall–Kier alpha value is -1.46. The lowest BCUT2D eigenvalue weighted by Gasteiger charge is -2.20. The molecule has 18 heavy (non-hydrogen) atoms. The zero-order valence-corrected chi connectivity index (χ0v) is 10.6. The van der Waals surface area contributed by atoms with Crippen molar-refractivity contribution in [1.29, 1.82) is 0 Å². The number of nitrogens with zero attached hydrogens (tertiary/aromatic N) is 2. The SMILES string of the molecule is COC(=O)C12CCCC3(C(=O)OC)CC3(C1)N=N2. The highest BCUT2D eigenvalue weighted by atomic mass is 16.5. The van der Waals surface area contributed by atoms with E-state index in [9.17, 15) is 9.59 Å². The van der Waals surface area contributed by atoms with Gasteiger partial charge in [-0.25, -0.2) is 4.79 Å². The van der Waals surface area contributed by atoms with Gasteiger partial charge >= 0.3 is 11.9 Å². The Labute approximate surface area is 105 Å². The van der Waals surface area contributed by atoms with E-state index in [1.807, 2.05) is 0 Å². The van der Waals surface area contributed by atoms with Crippen LogP contribution in [0.3, 0.4) is 0 Å². The second-order valence-electron chi connectivity index (χ2n) is 5.54. The molecule has 0 aromatic rings. The molecular formula is C12H16N2O4. The molecular weight excluding hydrogens is 236 g/mol. The number of methoxy groups -OCH3 is 2. The molecule has 2 aliphatic carbocycles. The predicted molar refractivity (Wildman–Crippen MR) is 59.9 cm³/mol. The number of fused-ring (bicyclic) bond motifs is 1. The quantitative estimate of drug-likeness (QED) is 0.693. The van der Waals surface area contributed by atoms with Crippen LogP contribution < -0.4 is 0 Å². The zero-order valence-electron chi connectivity index (χ0n) is 10.6. The molecule has 0 aromatic carbocycles. The van der Waals surface area contributed by atoms with Gasteiger partial charge in [0.05, 0.1) is 19.6 Å². The number of carbonyl (C=O) groups excluding carboxylic acids is 2. The van der Waals surface area contributed by atoms with Gasteiger partial charge in [-0.2, -0.15) is 10.2 Å². The number of rotatable bonds is 2. The molecule has 1 heterocycles. The van der Waals surface area contributed by atoms with Crippen molar-refractivity contribution >= 4 is 11.9 Å². The lowest BCUT2D eigenvalue weighted by molar-refractivity contribution is -0.149. The number of azo groups is 1. The molecule has 0 aromatic heterocycles. The van der Waals surface area contributed by atoms with E-state index < -0.39 is 16.5 Å². The van der Waals surface area contributed by atoms with E-state index in [0.717, 1.165) is 12.8 Å². The Morgan fingerprint density at radius 2 is 1.72 bits per heavy atom. The first-order valence-corrected chi connectivity index (χ1v) is 6.15. The number of hydrogen-bond acceptors (Lipinski definition) is 6. The van der Waals surface area contributed by atoms with Crippen LogP contribution in [0, 0.1) is 5.41 Å². The van der Waals surface area contributed by atoms with E-state index in [1.54, 1.807) is 0 Å².